The minimum atomic E-state index is -0.133. The summed E-state index contributed by atoms with van der Waals surface area (Å²) in [5, 5.41) is 8.44. The molecule has 4 aromatic rings. The monoisotopic (exact) mass is 416 g/mol. The molecule has 31 heavy (non-hydrogen) atoms. The summed E-state index contributed by atoms with van der Waals surface area (Å²) in [6, 6.07) is 9.55. The Morgan fingerprint density at radius 3 is 2.65 bits per heavy atom. The highest BCUT2D eigenvalue weighted by Gasteiger charge is 2.28. The maximum atomic E-state index is 13.5. The average molecular weight is 417 g/mol. The minimum absolute atomic E-state index is 0.0790. The van der Waals surface area contributed by atoms with E-state index in [1.54, 1.807) is 18.7 Å². The topological polar surface area (TPSA) is 77.6 Å². The molecule has 1 aromatic carbocycles. The third-order valence-electron chi connectivity index (χ3n) is 5.78. The summed E-state index contributed by atoms with van der Waals surface area (Å²) in [7, 11) is 1.90. The fourth-order valence-corrected chi connectivity index (χ4v) is 3.63. The Hall–Kier alpha value is -3.48. The Labute approximate surface area is 182 Å². The molecule has 0 unspecified atom stereocenters. The zero-order chi connectivity index (χ0) is 22.2. The number of nitrogens with one attached hydrogen (secondary N) is 1. The van der Waals surface area contributed by atoms with Crippen molar-refractivity contribution in [2.75, 3.05) is 0 Å². The molecular weight excluding hydrogens is 388 g/mol. The number of hydrogen-bond acceptors (Lipinski definition) is 4. The molecule has 7 nitrogen and oxygen atoms in total. The predicted molar refractivity (Wildman–Crippen MR) is 122 cm³/mol. The van der Waals surface area contributed by atoms with Gasteiger partial charge in [0, 0.05) is 42.6 Å². The van der Waals surface area contributed by atoms with Crippen LogP contribution < -0.4 is 5.32 Å². The second kappa shape index (κ2) is 7.98. The molecule has 0 radical (unpaired) electrons. The summed E-state index contributed by atoms with van der Waals surface area (Å²) in [4.78, 5) is 22.5. The van der Waals surface area contributed by atoms with E-state index in [9.17, 15) is 4.79 Å². The van der Waals surface area contributed by atoms with E-state index in [0.29, 0.717) is 12.1 Å². The first-order valence-corrected chi connectivity index (χ1v) is 10.4. The molecule has 0 saturated carbocycles. The fourth-order valence-electron chi connectivity index (χ4n) is 3.63. The van der Waals surface area contributed by atoms with Crippen molar-refractivity contribution in [2.45, 2.75) is 40.3 Å². The lowest BCUT2D eigenvalue weighted by atomic mass is 9.86. The number of amides is 1. The van der Waals surface area contributed by atoms with Crippen LogP contribution in [0, 0.1) is 12.3 Å². The van der Waals surface area contributed by atoms with Gasteiger partial charge in [0.15, 0.2) is 0 Å². The lowest BCUT2D eigenvalue weighted by Gasteiger charge is -2.32. The van der Waals surface area contributed by atoms with Crippen molar-refractivity contribution in [3.8, 4) is 11.3 Å². The highest BCUT2D eigenvalue weighted by molar-refractivity contribution is 6.07. The summed E-state index contributed by atoms with van der Waals surface area (Å²) in [5.41, 5.74) is 3.94. The zero-order valence-electron chi connectivity index (χ0n) is 18.6. The molecule has 0 bridgehead atoms. The van der Waals surface area contributed by atoms with Crippen LogP contribution in [0.15, 0.2) is 55.2 Å². The lowest BCUT2D eigenvalue weighted by Crippen LogP contribution is -2.46. The molecule has 0 aliphatic heterocycles. The summed E-state index contributed by atoms with van der Waals surface area (Å²) in [6.45, 7) is 9.03. The lowest BCUT2D eigenvalue weighted by molar-refractivity contribution is 0.0894. The van der Waals surface area contributed by atoms with Crippen LogP contribution in [-0.4, -0.2) is 36.3 Å². The predicted octanol–water partition coefficient (Wildman–Crippen LogP) is 3.98. The van der Waals surface area contributed by atoms with E-state index in [4.69, 9.17) is 4.98 Å². The number of aryl methyl sites for hydroxylation is 1. The molecule has 1 atom stereocenters. The molecule has 0 aliphatic rings. The maximum Gasteiger partial charge on any atom is 0.252 e. The maximum absolute atomic E-state index is 13.5. The molecule has 7 heteroatoms. The summed E-state index contributed by atoms with van der Waals surface area (Å²) in [6.07, 6.45) is 7.23. The number of pyridine rings is 1. The summed E-state index contributed by atoms with van der Waals surface area (Å²) in [5.74, 6) is -0.110. The average Bonchev–Trinajstić information content (AvgIpc) is 3.36. The van der Waals surface area contributed by atoms with Gasteiger partial charge < -0.3 is 9.88 Å². The first-order chi connectivity index (χ1) is 14.7. The largest absolute Gasteiger partial charge is 0.347 e. The Morgan fingerprint density at radius 2 is 2.00 bits per heavy atom. The first-order valence-electron chi connectivity index (χ1n) is 10.4. The van der Waals surface area contributed by atoms with Crippen LogP contribution in [0.2, 0.25) is 0 Å². The molecule has 160 valence electrons. The van der Waals surface area contributed by atoms with Gasteiger partial charge in [0.1, 0.15) is 0 Å². The molecule has 0 spiro atoms. The van der Waals surface area contributed by atoms with Gasteiger partial charge in [-0.05, 0) is 24.5 Å². The number of fused-ring (bicyclic) bond motifs is 1. The number of para-hydroxylation sites is 1. The number of rotatable bonds is 5. The van der Waals surface area contributed by atoms with Gasteiger partial charge in [-0.15, -0.1) is 0 Å². The molecule has 3 heterocycles. The molecule has 0 saturated heterocycles. The third-order valence-corrected chi connectivity index (χ3v) is 5.78. The van der Waals surface area contributed by atoms with Crippen molar-refractivity contribution in [1.82, 2.24) is 29.6 Å². The van der Waals surface area contributed by atoms with Crippen molar-refractivity contribution >= 4 is 16.8 Å². The van der Waals surface area contributed by atoms with Crippen molar-refractivity contribution in [1.29, 1.82) is 0 Å². The van der Waals surface area contributed by atoms with E-state index in [1.807, 2.05) is 59.7 Å². The van der Waals surface area contributed by atoms with Crippen molar-refractivity contribution in [3.05, 3.63) is 66.5 Å². The van der Waals surface area contributed by atoms with Gasteiger partial charge in [-0.3, -0.25) is 9.48 Å². The van der Waals surface area contributed by atoms with Gasteiger partial charge in [-0.25, -0.2) is 9.97 Å². The number of carbonyl (C=O) groups is 1. The van der Waals surface area contributed by atoms with E-state index in [2.05, 4.69) is 36.2 Å². The van der Waals surface area contributed by atoms with E-state index in [-0.39, 0.29) is 17.4 Å². The summed E-state index contributed by atoms with van der Waals surface area (Å²) < 4.78 is 3.80. The third kappa shape index (κ3) is 4.21. The molecular formula is C24H28N6O. The van der Waals surface area contributed by atoms with Gasteiger partial charge in [-0.1, -0.05) is 39.0 Å². The van der Waals surface area contributed by atoms with Crippen LogP contribution in [0.3, 0.4) is 0 Å². The van der Waals surface area contributed by atoms with Gasteiger partial charge in [0.25, 0.3) is 5.91 Å². The Bertz CT molecular complexity index is 1220. The minimum Gasteiger partial charge on any atom is -0.347 e. The number of carbonyl (C=O) groups excluding carboxylic acids is 1. The van der Waals surface area contributed by atoms with E-state index < -0.39 is 0 Å². The zero-order valence-corrected chi connectivity index (χ0v) is 18.6. The highest BCUT2D eigenvalue weighted by Crippen LogP contribution is 2.28. The number of hydrogen-bond donors (Lipinski definition) is 1. The van der Waals surface area contributed by atoms with Crippen LogP contribution in [0.1, 0.15) is 36.8 Å². The molecule has 3 aromatic heterocycles. The number of benzene rings is 1. The van der Waals surface area contributed by atoms with E-state index in [1.165, 1.54) is 0 Å². The van der Waals surface area contributed by atoms with Gasteiger partial charge in [-0.2, -0.15) is 5.10 Å². The number of aromatic nitrogens is 5. The molecule has 1 N–H and O–H groups in total. The number of nitrogens with zero attached hydrogens (tertiary/aromatic N) is 5. The highest BCUT2D eigenvalue weighted by atomic mass is 16.1. The van der Waals surface area contributed by atoms with Crippen molar-refractivity contribution in [3.63, 3.8) is 0 Å². The molecule has 4 rings (SSSR count). The molecule has 0 fully saturated rings. The first kappa shape index (κ1) is 20.8. The quantitative estimate of drug-likeness (QED) is 0.534. The SMILES string of the molecule is Cc1c(-c2cc(C(=O)N[C@@H](Cn3ccnc3)C(C)(C)C)c3ccccc3n2)cnn1C. The van der Waals surface area contributed by atoms with Crippen LogP contribution in [0.25, 0.3) is 22.2 Å². The van der Waals surface area contributed by atoms with E-state index in [0.717, 1.165) is 27.9 Å². The Morgan fingerprint density at radius 1 is 1.23 bits per heavy atom. The molecule has 0 aliphatic carbocycles. The van der Waals surface area contributed by atoms with Crippen LogP contribution in [-0.2, 0) is 13.6 Å². The second-order valence-corrected chi connectivity index (χ2v) is 8.99. The fraction of sp³-hybridized carbons (Fsp3) is 0.333. The van der Waals surface area contributed by atoms with Crippen LogP contribution in [0.4, 0.5) is 0 Å². The summed E-state index contributed by atoms with van der Waals surface area (Å²) >= 11 is 0. The van der Waals surface area contributed by atoms with Crippen LogP contribution in [0.5, 0.6) is 0 Å². The Kier molecular flexibility index (Phi) is 5.35. The van der Waals surface area contributed by atoms with Crippen LogP contribution >= 0.6 is 0 Å². The van der Waals surface area contributed by atoms with Gasteiger partial charge in [0.05, 0.1) is 35.3 Å². The van der Waals surface area contributed by atoms with Gasteiger partial charge >= 0.3 is 0 Å². The Balaban J connectivity index is 1.75. The van der Waals surface area contributed by atoms with Gasteiger partial charge in [0.2, 0.25) is 0 Å². The normalized spacial score (nSPS) is 12.8. The smallest absolute Gasteiger partial charge is 0.252 e. The van der Waals surface area contributed by atoms with Crippen molar-refractivity contribution < 1.29 is 4.79 Å². The number of imidazole rings is 1. The van der Waals surface area contributed by atoms with E-state index >= 15 is 0 Å². The molecule has 1 amide bonds. The second-order valence-electron chi connectivity index (χ2n) is 8.99. The standard InChI is InChI=1S/C24H28N6O/c1-16-19(13-26-29(16)5)21-12-18(17-8-6-7-9-20(17)27-21)23(31)28-22(24(2,3)4)14-30-11-10-25-15-30/h6-13,15,22H,14H2,1-5H3,(H,28,31)/t22-/m0/s1. The van der Waals surface area contributed by atoms with Crippen molar-refractivity contribution in [2.24, 2.45) is 12.5 Å².